The Balaban J connectivity index is 1.31. The topological polar surface area (TPSA) is 30.0 Å². The van der Waals surface area contributed by atoms with E-state index >= 15 is 0 Å². The molecule has 4 rings (SSSR count). The van der Waals surface area contributed by atoms with Crippen LogP contribution in [0.2, 0.25) is 5.02 Å². The number of carbonyl (C=O) groups excluding carboxylic acids is 1. The number of likely N-dealkylation sites (N-methyl/N-ethyl adjacent to an activating group) is 1. The van der Waals surface area contributed by atoms with E-state index in [1.165, 1.54) is 12.1 Å². The Hall–Kier alpha value is -2.25. The predicted molar refractivity (Wildman–Crippen MR) is 132 cm³/mol. The van der Waals surface area contributed by atoms with Gasteiger partial charge in [0.15, 0.2) is 0 Å². The van der Waals surface area contributed by atoms with Gasteiger partial charge < -0.3 is 9.80 Å². The van der Waals surface area contributed by atoms with Crippen molar-refractivity contribution < 1.29 is 9.18 Å². The van der Waals surface area contributed by atoms with Crippen LogP contribution in [-0.2, 0) is 17.9 Å². The van der Waals surface area contributed by atoms with Crippen molar-refractivity contribution in [3.8, 4) is 0 Å². The number of hydrogen-bond donors (Lipinski definition) is 0. The van der Waals surface area contributed by atoms with Crippen molar-refractivity contribution in [1.29, 1.82) is 0 Å². The first kappa shape index (κ1) is 23.9. The van der Waals surface area contributed by atoms with Crippen LogP contribution in [0.4, 0.5) is 4.39 Å². The van der Waals surface area contributed by atoms with Crippen molar-refractivity contribution in [2.75, 3.05) is 59.4 Å². The number of carbonyl (C=O) groups is 1. The summed E-state index contributed by atoms with van der Waals surface area (Å²) in [4.78, 5) is 21.8. The quantitative estimate of drug-likeness (QED) is 0.604. The molecule has 0 spiro atoms. The largest absolute Gasteiger partial charge is 0.337 e. The highest BCUT2D eigenvalue weighted by Crippen LogP contribution is 2.20. The summed E-state index contributed by atoms with van der Waals surface area (Å²) in [7, 11) is 2.15. The molecule has 0 radical (unpaired) electrons. The first-order valence-corrected chi connectivity index (χ1v) is 12.0. The highest BCUT2D eigenvalue weighted by atomic mass is 35.5. The minimum absolute atomic E-state index is 0.0388. The molecule has 0 aliphatic carbocycles. The zero-order valence-corrected chi connectivity index (χ0v) is 20.0. The molecule has 2 fully saturated rings. The van der Waals surface area contributed by atoms with Crippen molar-refractivity contribution in [3.63, 3.8) is 0 Å². The summed E-state index contributed by atoms with van der Waals surface area (Å²) >= 11 is 6.27. The minimum atomic E-state index is -0.215. The molecule has 2 aromatic carbocycles. The molecule has 0 saturated carbocycles. The standard InChI is InChI=1S/C26H32ClFN4O/c1-29-10-12-31(13-11-29)20-23-18-24(27)6-4-22(23)5-9-26(33)32-16-14-30(15-17-32)19-21-2-7-25(28)8-3-21/h2-9,18H,10-17,19-20H2,1H3/b9-5+. The highest BCUT2D eigenvalue weighted by molar-refractivity contribution is 6.30. The van der Waals surface area contributed by atoms with Gasteiger partial charge in [-0.1, -0.05) is 29.8 Å². The van der Waals surface area contributed by atoms with Gasteiger partial charge in [-0.15, -0.1) is 0 Å². The molecule has 0 unspecified atom stereocenters. The lowest BCUT2D eigenvalue weighted by Crippen LogP contribution is -2.47. The van der Waals surface area contributed by atoms with Gasteiger partial charge in [0.05, 0.1) is 0 Å². The first-order valence-electron chi connectivity index (χ1n) is 11.6. The Labute approximate surface area is 201 Å². The number of amides is 1. The highest BCUT2D eigenvalue weighted by Gasteiger charge is 2.20. The average Bonchev–Trinajstić information content (AvgIpc) is 2.82. The lowest BCUT2D eigenvalue weighted by molar-refractivity contribution is -0.127. The van der Waals surface area contributed by atoms with E-state index in [1.54, 1.807) is 6.08 Å². The van der Waals surface area contributed by atoms with E-state index in [0.717, 1.165) is 74.1 Å². The van der Waals surface area contributed by atoms with Gasteiger partial charge in [-0.25, -0.2) is 4.39 Å². The third kappa shape index (κ3) is 6.87. The van der Waals surface area contributed by atoms with Crippen LogP contribution >= 0.6 is 11.6 Å². The van der Waals surface area contributed by atoms with Crippen molar-refractivity contribution in [1.82, 2.24) is 19.6 Å². The van der Waals surface area contributed by atoms with Gasteiger partial charge in [-0.3, -0.25) is 14.6 Å². The Morgan fingerprint density at radius 3 is 2.24 bits per heavy atom. The maximum Gasteiger partial charge on any atom is 0.246 e. The number of halogens is 2. The summed E-state index contributed by atoms with van der Waals surface area (Å²) in [6, 6.07) is 12.5. The van der Waals surface area contributed by atoms with E-state index in [0.29, 0.717) is 13.1 Å². The number of hydrogen-bond acceptors (Lipinski definition) is 4. The van der Waals surface area contributed by atoms with Crippen LogP contribution in [0, 0.1) is 5.82 Å². The fourth-order valence-corrected chi connectivity index (χ4v) is 4.56. The maximum absolute atomic E-state index is 13.1. The number of nitrogens with zero attached hydrogens (tertiary/aromatic N) is 4. The van der Waals surface area contributed by atoms with Gasteiger partial charge in [0, 0.05) is 76.5 Å². The Morgan fingerprint density at radius 1 is 0.909 bits per heavy atom. The van der Waals surface area contributed by atoms with Crippen LogP contribution in [0.25, 0.3) is 6.08 Å². The van der Waals surface area contributed by atoms with Gasteiger partial charge >= 0.3 is 0 Å². The van der Waals surface area contributed by atoms with E-state index in [-0.39, 0.29) is 11.7 Å². The van der Waals surface area contributed by atoms with Crippen LogP contribution in [-0.4, -0.2) is 84.9 Å². The summed E-state index contributed by atoms with van der Waals surface area (Å²) < 4.78 is 13.1. The van der Waals surface area contributed by atoms with E-state index in [4.69, 9.17) is 11.6 Å². The summed E-state index contributed by atoms with van der Waals surface area (Å²) in [5.74, 6) is -0.176. The molecule has 0 aromatic heterocycles. The zero-order chi connectivity index (χ0) is 23.2. The summed E-state index contributed by atoms with van der Waals surface area (Å²) in [5, 5.41) is 0.722. The SMILES string of the molecule is CN1CCN(Cc2cc(Cl)ccc2/C=C/C(=O)N2CCN(Cc3ccc(F)cc3)CC2)CC1. The second kappa shape index (κ2) is 11.3. The minimum Gasteiger partial charge on any atom is -0.337 e. The summed E-state index contributed by atoms with van der Waals surface area (Å²) in [6.45, 7) is 8.83. The van der Waals surface area contributed by atoms with Crippen LogP contribution in [0.5, 0.6) is 0 Å². The van der Waals surface area contributed by atoms with Crippen LogP contribution < -0.4 is 0 Å². The van der Waals surface area contributed by atoms with Gasteiger partial charge in [-0.2, -0.15) is 0 Å². The number of rotatable bonds is 6. The Morgan fingerprint density at radius 2 is 1.55 bits per heavy atom. The molecular weight excluding hydrogens is 439 g/mol. The molecule has 2 aliphatic rings. The van der Waals surface area contributed by atoms with Crippen LogP contribution in [0.1, 0.15) is 16.7 Å². The molecule has 2 saturated heterocycles. The Bertz CT molecular complexity index is 965. The first-order chi connectivity index (χ1) is 16.0. The van der Waals surface area contributed by atoms with E-state index in [2.05, 4.69) is 21.7 Å². The smallest absolute Gasteiger partial charge is 0.246 e. The molecule has 1 amide bonds. The third-order valence-electron chi connectivity index (χ3n) is 6.50. The fraction of sp³-hybridized carbons (Fsp3) is 0.423. The van der Waals surface area contributed by atoms with E-state index in [1.807, 2.05) is 41.3 Å². The van der Waals surface area contributed by atoms with Crippen molar-refractivity contribution in [2.45, 2.75) is 13.1 Å². The fourth-order valence-electron chi connectivity index (χ4n) is 4.36. The van der Waals surface area contributed by atoms with E-state index < -0.39 is 0 Å². The second-order valence-corrected chi connectivity index (χ2v) is 9.42. The van der Waals surface area contributed by atoms with Gasteiger partial charge in [0.25, 0.3) is 0 Å². The molecule has 176 valence electrons. The summed E-state index contributed by atoms with van der Waals surface area (Å²) in [5.41, 5.74) is 3.29. The van der Waals surface area contributed by atoms with Gasteiger partial charge in [-0.05, 0) is 54.1 Å². The molecular formula is C26H32ClFN4O. The lowest BCUT2D eigenvalue weighted by Gasteiger charge is -2.34. The molecule has 7 heteroatoms. The second-order valence-electron chi connectivity index (χ2n) is 8.98. The molecule has 0 atom stereocenters. The average molecular weight is 471 g/mol. The summed E-state index contributed by atoms with van der Waals surface area (Å²) in [6.07, 6.45) is 3.61. The molecule has 0 bridgehead atoms. The number of benzene rings is 2. The third-order valence-corrected chi connectivity index (χ3v) is 6.74. The number of piperazine rings is 2. The molecule has 2 aliphatic heterocycles. The van der Waals surface area contributed by atoms with Crippen molar-refractivity contribution in [2.24, 2.45) is 0 Å². The molecule has 2 aromatic rings. The van der Waals surface area contributed by atoms with Gasteiger partial charge in [0.2, 0.25) is 5.91 Å². The van der Waals surface area contributed by atoms with Crippen molar-refractivity contribution >= 4 is 23.6 Å². The van der Waals surface area contributed by atoms with Gasteiger partial charge in [0.1, 0.15) is 5.82 Å². The van der Waals surface area contributed by atoms with Crippen LogP contribution in [0.3, 0.4) is 0 Å². The Kier molecular flexibility index (Phi) is 8.15. The van der Waals surface area contributed by atoms with E-state index in [9.17, 15) is 9.18 Å². The molecule has 5 nitrogen and oxygen atoms in total. The normalized spacial score (nSPS) is 18.8. The molecule has 0 N–H and O–H groups in total. The monoisotopic (exact) mass is 470 g/mol. The molecule has 33 heavy (non-hydrogen) atoms. The lowest BCUT2D eigenvalue weighted by atomic mass is 10.1. The van der Waals surface area contributed by atoms with Crippen molar-refractivity contribution in [3.05, 3.63) is 76.1 Å². The van der Waals surface area contributed by atoms with Crippen LogP contribution in [0.15, 0.2) is 48.5 Å². The maximum atomic E-state index is 13.1. The molecule has 2 heterocycles. The zero-order valence-electron chi connectivity index (χ0n) is 19.2. The predicted octanol–water partition coefficient (Wildman–Crippen LogP) is 3.58.